The average molecular weight is 516 g/mol. The smallest absolute Gasteiger partial charge is 0.351 e. The van der Waals surface area contributed by atoms with Gasteiger partial charge in [-0.2, -0.15) is 15.0 Å². The van der Waals surface area contributed by atoms with E-state index in [0.29, 0.717) is 11.8 Å². The Morgan fingerprint density at radius 3 is 2.64 bits per heavy atom. The van der Waals surface area contributed by atoms with Crippen molar-refractivity contribution >= 4 is 40.5 Å². The number of anilines is 3. The Balaban J connectivity index is 0.000000157. The van der Waals surface area contributed by atoms with Gasteiger partial charge in [-0.05, 0) is 25.3 Å². The number of thioether (sulfide) groups is 1. The number of nitrogens with zero attached hydrogens (tertiary/aromatic N) is 6. The van der Waals surface area contributed by atoms with Gasteiger partial charge in [0, 0.05) is 30.5 Å². The second kappa shape index (κ2) is 10.4. The zero-order valence-corrected chi connectivity index (χ0v) is 20.3. The zero-order chi connectivity index (χ0) is 25.2. The largest absolute Gasteiger partial charge is 0.396 e. The third kappa shape index (κ3) is 5.31. The summed E-state index contributed by atoms with van der Waals surface area (Å²) in [5.41, 5.74) is 12.0. The van der Waals surface area contributed by atoms with Crippen LogP contribution in [0.2, 0.25) is 0 Å². The Morgan fingerprint density at radius 1 is 1.14 bits per heavy atom. The Bertz CT molecular complexity index is 1310. The minimum atomic E-state index is -0.431. The maximum Gasteiger partial charge on any atom is 0.351 e. The summed E-state index contributed by atoms with van der Waals surface area (Å²) in [6, 6.07) is 2.19. The van der Waals surface area contributed by atoms with Crippen molar-refractivity contribution in [1.82, 2.24) is 29.1 Å². The number of ether oxygens (including phenoxy) is 1. The molecule has 6 rings (SSSR count). The second-order valence-corrected chi connectivity index (χ2v) is 10.1. The van der Waals surface area contributed by atoms with Crippen molar-refractivity contribution in [2.45, 2.75) is 43.0 Å². The van der Waals surface area contributed by atoms with E-state index in [0.717, 1.165) is 36.2 Å². The maximum absolute atomic E-state index is 11.4. The van der Waals surface area contributed by atoms with Crippen LogP contribution in [0, 0.1) is 5.92 Å². The van der Waals surface area contributed by atoms with E-state index in [1.54, 1.807) is 18.6 Å². The number of aromatic nitrogens is 6. The number of nitrogens with two attached hydrogens (primary N) is 2. The molecule has 13 nitrogen and oxygen atoms in total. The number of aliphatic hydroxyl groups excluding tert-OH is 2. The number of rotatable bonds is 6. The number of allylic oxidation sites excluding steroid dienone is 1. The van der Waals surface area contributed by atoms with E-state index < -0.39 is 5.69 Å². The number of nitrogens with one attached hydrogen (secondary N) is 1. The van der Waals surface area contributed by atoms with Crippen LogP contribution < -0.4 is 22.5 Å². The van der Waals surface area contributed by atoms with Gasteiger partial charge >= 0.3 is 5.69 Å². The molecule has 3 aromatic rings. The first-order valence-electron chi connectivity index (χ1n) is 11.7. The van der Waals surface area contributed by atoms with Gasteiger partial charge in [-0.1, -0.05) is 12.2 Å². The molecule has 3 aliphatic rings. The van der Waals surface area contributed by atoms with Crippen LogP contribution >= 0.6 is 11.8 Å². The molecule has 14 heteroatoms. The lowest BCUT2D eigenvalue weighted by molar-refractivity contribution is -0.00629. The lowest BCUT2D eigenvalue weighted by Gasteiger charge is -2.13. The van der Waals surface area contributed by atoms with Gasteiger partial charge in [-0.3, -0.25) is 4.57 Å². The number of nitrogen functional groups attached to an aromatic ring is 2. The van der Waals surface area contributed by atoms with E-state index in [4.69, 9.17) is 21.3 Å². The van der Waals surface area contributed by atoms with Crippen LogP contribution in [0.1, 0.15) is 31.5 Å². The lowest BCUT2D eigenvalue weighted by atomic mass is 10.1. The quantitative estimate of drug-likeness (QED) is 0.286. The topological polar surface area (TPSA) is 192 Å². The van der Waals surface area contributed by atoms with Crippen LogP contribution in [0.15, 0.2) is 35.5 Å². The second-order valence-electron chi connectivity index (χ2n) is 8.88. The molecule has 0 aromatic carbocycles. The summed E-state index contributed by atoms with van der Waals surface area (Å²) in [5.74, 6) is 2.00. The number of hydrogen-bond acceptors (Lipinski definition) is 12. The van der Waals surface area contributed by atoms with Crippen LogP contribution in [-0.2, 0) is 4.74 Å². The molecule has 3 aromatic heterocycles. The Hall–Kier alpha value is -3.20. The fourth-order valence-electron chi connectivity index (χ4n) is 4.12. The van der Waals surface area contributed by atoms with Gasteiger partial charge in [-0.15, -0.1) is 11.8 Å². The minimum Gasteiger partial charge on any atom is -0.396 e. The molecule has 0 radical (unpaired) electrons. The van der Waals surface area contributed by atoms with E-state index in [9.17, 15) is 9.90 Å². The number of hydrogen-bond donors (Lipinski definition) is 5. The van der Waals surface area contributed by atoms with Gasteiger partial charge < -0.3 is 36.3 Å². The zero-order valence-electron chi connectivity index (χ0n) is 19.5. The summed E-state index contributed by atoms with van der Waals surface area (Å²) in [7, 11) is 0. The van der Waals surface area contributed by atoms with Crippen molar-refractivity contribution in [2.24, 2.45) is 5.92 Å². The van der Waals surface area contributed by atoms with Crippen LogP contribution in [-0.4, -0.2) is 69.7 Å². The molecule has 1 saturated carbocycles. The fourth-order valence-corrected chi connectivity index (χ4v) is 5.05. The predicted octanol–water partition coefficient (Wildman–Crippen LogP) is 0.498. The van der Waals surface area contributed by atoms with Gasteiger partial charge in [0.15, 0.2) is 17.0 Å². The number of imidazole rings is 1. The maximum atomic E-state index is 11.4. The summed E-state index contributed by atoms with van der Waals surface area (Å²) < 4.78 is 8.80. The molecule has 0 unspecified atom stereocenters. The first-order chi connectivity index (χ1) is 17.4. The monoisotopic (exact) mass is 515 g/mol. The number of fused-ring (bicyclic) bond motifs is 1. The SMILES string of the molecule is Nc1ccn([C@@H]2CS[C@H](CO)O2)c(=O)n1.Nc1nc(NC2CC2)c2ncn([C@H]3C=C[C@@H](CO)C3)c2n1. The van der Waals surface area contributed by atoms with E-state index >= 15 is 0 Å². The van der Waals surface area contributed by atoms with Gasteiger partial charge in [0.25, 0.3) is 0 Å². The Morgan fingerprint density at radius 2 is 1.97 bits per heavy atom. The van der Waals surface area contributed by atoms with E-state index in [1.807, 2.05) is 10.6 Å². The summed E-state index contributed by atoms with van der Waals surface area (Å²) >= 11 is 1.47. The highest BCUT2D eigenvalue weighted by Crippen LogP contribution is 2.33. The van der Waals surface area contributed by atoms with Gasteiger partial charge in [0.05, 0.1) is 19.0 Å². The molecular formula is C22H29N9O4S. The highest BCUT2D eigenvalue weighted by molar-refractivity contribution is 8.00. The molecule has 2 aliphatic carbocycles. The molecule has 0 bridgehead atoms. The lowest BCUT2D eigenvalue weighted by Crippen LogP contribution is -2.28. The highest BCUT2D eigenvalue weighted by atomic mass is 32.2. The number of aliphatic hydroxyl groups is 2. The minimum absolute atomic E-state index is 0.0572. The third-order valence-corrected chi connectivity index (χ3v) is 7.25. The summed E-state index contributed by atoms with van der Waals surface area (Å²) in [4.78, 5) is 28.1. The average Bonchev–Trinajstić information content (AvgIpc) is 3.25. The first kappa shape index (κ1) is 24.5. The molecule has 0 spiro atoms. The van der Waals surface area contributed by atoms with Crippen molar-refractivity contribution < 1.29 is 14.9 Å². The first-order valence-corrected chi connectivity index (χ1v) is 12.8. The standard InChI is InChI=1S/C14H18N6O.C8H11N3O3S/c15-14-18-12(17-9-2-3-9)11-13(19-14)20(7-16-11)10-4-1-8(5-10)6-21;9-5-1-2-11(8(13)10-5)6-4-15-7(3-12)14-6/h1,4,7-10,21H,2-3,5-6H2,(H3,15,17,18,19);1-2,6-7,12H,3-4H2,(H2,9,10,13)/t8-,10+;6-,7+/m10/s1. The molecular weight excluding hydrogens is 486 g/mol. The predicted molar refractivity (Wildman–Crippen MR) is 136 cm³/mol. The van der Waals surface area contributed by atoms with Crippen molar-refractivity contribution in [2.75, 3.05) is 35.8 Å². The van der Waals surface area contributed by atoms with Gasteiger partial charge in [0.1, 0.15) is 17.5 Å². The van der Waals surface area contributed by atoms with Crippen LogP contribution in [0.4, 0.5) is 17.6 Å². The highest BCUT2D eigenvalue weighted by Gasteiger charge is 2.28. The van der Waals surface area contributed by atoms with Gasteiger partial charge in [-0.25, -0.2) is 9.78 Å². The fraction of sp³-hybridized carbons (Fsp3) is 0.500. The van der Waals surface area contributed by atoms with Crippen molar-refractivity contribution in [1.29, 1.82) is 0 Å². The van der Waals surface area contributed by atoms with Crippen LogP contribution in [0.5, 0.6) is 0 Å². The van der Waals surface area contributed by atoms with Crippen molar-refractivity contribution in [3.05, 3.63) is 41.2 Å². The van der Waals surface area contributed by atoms with E-state index in [-0.39, 0.29) is 48.6 Å². The summed E-state index contributed by atoms with van der Waals surface area (Å²) in [5, 5.41) is 21.5. The molecule has 7 N–H and O–H groups in total. The molecule has 0 amide bonds. The molecule has 36 heavy (non-hydrogen) atoms. The molecule has 2 fully saturated rings. The summed E-state index contributed by atoms with van der Waals surface area (Å²) in [6.07, 6.45) is 10.3. The molecule has 4 heterocycles. The summed E-state index contributed by atoms with van der Waals surface area (Å²) in [6.45, 7) is 0.115. The molecule has 1 saturated heterocycles. The van der Waals surface area contributed by atoms with E-state index in [2.05, 4.69) is 31.3 Å². The molecule has 192 valence electrons. The van der Waals surface area contributed by atoms with E-state index in [1.165, 1.54) is 16.3 Å². The Kier molecular flexibility index (Phi) is 7.09. The van der Waals surface area contributed by atoms with Crippen LogP contribution in [0.25, 0.3) is 11.2 Å². The molecule has 4 atom stereocenters. The Labute approximate surface area is 210 Å². The van der Waals surface area contributed by atoms with Gasteiger partial charge in [0.2, 0.25) is 5.95 Å². The molecule has 1 aliphatic heterocycles. The van der Waals surface area contributed by atoms with Crippen molar-refractivity contribution in [3.63, 3.8) is 0 Å². The third-order valence-electron chi connectivity index (χ3n) is 6.14. The normalized spacial score (nSPS) is 25.2. The van der Waals surface area contributed by atoms with Crippen molar-refractivity contribution in [3.8, 4) is 0 Å². The van der Waals surface area contributed by atoms with Crippen LogP contribution in [0.3, 0.4) is 0 Å².